The van der Waals surface area contributed by atoms with E-state index >= 15 is 0 Å². The van der Waals surface area contributed by atoms with Crippen molar-refractivity contribution in [3.63, 3.8) is 0 Å². The first-order chi connectivity index (χ1) is 8.31. The van der Waals surface area contributed by atoms with Crippen molar-refractivity contribution in [2.45, 2.75) is 45.8 Å². The number of hydrogen-bond donors (Lipinski definition) is 1. The summed E-state index contributed by atoms with van der Waals surface area (Å²) in [6.07, 6.45) is -0.520. The summed E-state index contributed by atoms with van der Waals surface area (Å²) in [7, 11) is 1.62. The maximum Gasteiger partial charge on any atom is 0.122 e. The minimum absolute atomic E-state index is 0.0545. The first-order valence-corrected chi connectivity index (χ1v) is 6.34. The molecule has 0 heterocycles. The minimum atomic E-state index is -0.903. The van der Waals surface area contributed by atoms with E-state index in [1.54, 1.807) is 7.11 Å². The molecule has 1 rings (SSSR count). The second-order valence-corrected chi connectivity index (χ2v) is 5.75. The van der Waals surface area contributed by atoms with E-state index in [2.05, 4.69) is 5.32 Å². The lowest BCUT2D eigenvalue weighted by Gasteiger charge is -2.22. The number of aryl methyl sites for hydroxylation is 1. The molecule has 0 aliphatic heterocycles. The Morgan fingerprint density at radius 2 is 2.00 bits per heavy atom. The first-order valence-electron chi connectivity index (χ1n) is 6.34. The lowest BCUT2D eigenvalue weighted by Crippen LogP contribution is -2.40. The topological polar surface area (TPSA) is 21.3 Å². The highest BCUT2D eigenvalue weighted by Gasteiger charge is 2.15. The van der Waals surface area contributed by atoms with Crippen LogP contribution < -0.4 is 10.1 Å². The number of alkyl halides is 1. The van der Waals surface area contributed by atoms with E-state index in [9.17, 15) is 4.39 Å². The van der Waals surface area contributed by atoms with E-state index < -0.39 is 6.17 Å². The van der Waals surface area contributed by atoms with Crippen LogP contribution in [0.15, 0.2) is 18.2 Å². The van der Waals surface area contributed by atoms with E-state index in [4.69, 9.17) is 4.74 Å². The number of nitrogens with one attached hydrogen (secondary N) is 1. The van der Waals surface area contributed by atoms with Gasteiger partial charge in [-0.25, -0.2) is 4.39 Å². The van der Waals surface area contributed by atoms with E-state index in [1.165, 1.54) is 0 Å². The van der Waals surface area contributed by atoms with E-state index in [1.807, 2.05) is 45.9 Å². The zero-order valence-corrected chi connectivity index (χ0v) is 12.0. The molecule has 0 saturated heterocycles. The van der Waals surface area contributed by atoms with E-state index in [-0.39, 0.29) is 5.54 Å². The van der Waals surface area contributed by atoms with Gasteiger partial charge in [-0.1, -0.05) is 17.7 Å². The predicted octanol–water partition coefficient (Wildman–Crippen LogP) is 3.27. The fourth-order valence-corrected chi connectivity index (χ4v) is 1.79. The molecular weight excluding hydrogens is 229 g/mol. The Bertz CT molecular complexity index is 385. The molecule has 18 heavy (non-hydrogen) atoms. The molecule has 0 amide bonds. The standard InChI is InChI=1S/C15H24FNO/c1-11-6-7-14(18-5)12(8-11)9-13(16)10-17-15(2,3)4/h6-8,13,17H,9-10H2,1-5H3. The van der Waals surface area contributed by atoms with Gasteiger partial charge in [0.25, 0.3) is 0 Å². The molecule has 1 atom stereocenters. The molecule has 0 spiro atoms. The minimum Gasteiger partial charge on any atom is -0.496 e. The molecule has 3 heteroatoms. The van der Waals surface area contributed by atoms with Crippen LogP contribution in [0.25, 0.3) is 0 Å². The fourth-order valence-electron chi connectivity index (χ4n) is 1.79. The van der Waals surface area contributed by atoms with Crippen LogP contribution in [0, 0.1) is 6.92 Å². The lowest BCUT2D eigenvalue weighted by molar-refractivity contribution is 0.282. The molecule has 0 aromatic heterocycles. The second kappa shape index (κ2) is 6.19. The first kappa shape index (κ1) is 15.0. The van der Waals surface area contributed by atoms with Gasteiger partial charge in [-0.3, -0.25) is 0 Å². The molecule has 0 saturated carbocycles. The van der Waals surface area contributed by atoms with Gasteiger partial charge in [0.15, 0.2) is 0 Å². The van der Waals surface area contributed by atoms with Crippen molar-refractivity contribution in [3.8, 4) is 5.75 Å². The molecule has 1 N–H and O–H groups in total. The van der Waals surface area contributed by atoms with E-state index in [0.717, 1.165) is 16.9 Å². The normalized spacial score (nSPS) is 13.4. The third-order valence-electron chi connectivity index (χ3n) is 2.73. The van der Waals surface area contributed by atoms with Gasteiger partial charge in [-0.15, -0.1) is 0 Å². The van der Waals surface area contributed by atoms with Gasteiger partial charge in [-0.2, -0.15) is 0 Å². The lowest BCUT2D eigenvalue weighted by atomic mass is 10.0. The third-order valence-corrected chi connectivity index (χ3v) is 2.73. The molecule has 102 valence electrons. The van der Waals surface area contributed by atoms with Crippen LogP contribution in [-0.2, 0) is 6.42 Å². The van der Waals surface area contributed by atoms with Gasteiger partial charge >= 0.3 is 0 Å². The quantitative estimate of drug-likeness (QED) is 0.869. The Labute approximate surface area is 110 Å². The van der Waals surface area contributed by atoms with Crippen molar-refractivity contribution in [1.29, 1.82) is 0 Å². The zero-order chi connectivity index (χ0) is 13.8. The molecule has 1 aromatic rings. The maximum absolute atomic E-state index is 13.9. The smallest absolute Gasteiger partial charge is 0.122 e. The molecule has 1 unspecified atom stereocenters. The van der Waals surface area contributed by atoms with Gasteiger partial charge in [-0.05, 0) is 39.3 Å². The molecule has 1 aromatic carbocycles. The number of ether oxygens (including phenoxy) is 1. The summed E-state index contributed by atoms with van der Waals surface area (Å²) in [5.74, 6) is 0.763. The number of rotatable bonds is 5. The van der Waals surface area contributed by atoms with Crippen LogP contribution >= 0.6 is 0 Å². The molecular formula is C15H24FNO. The highest BCUT2D eigenvalue weighted by molar-refractivity contribution is 5.37. The number of benzene rings is 1. The van der Waals surface area contributed by atoms with Gasteiger partial charge in [0.1, 0.15) is 11.9 Å². The average Bonchev–Trinajstić information content (AvgIpc) is 2.26. The zero-order valence-electron chi connectivity index (χ0n) is 12.0. The maximum atomic E-state index is 13.9. The van der Waals surface area contributed by atoms with Crippen molar-refractivity contribution in [2.75, 3.05) is 13.7 Å². The molecule has 0 radical (unpaired) electrons. The monoisotopic (exact) mass is 253 g/mol. The van der Waals surface area contributed by atoms with Crippen LogP contribution in [-0.4, -0.2) is 25.4 Å². The number of methoxy groups -OCH3 is 1. The van der Waals surface area contributed by atoms with Crippen LogP contribution in [0.5, 0.6) is 5.75 Å². The van der Waals surface area contributed by atoms with Gasteiger partial charge in [0.05, 0.1) is 7.11 Å². The summed E-state index contributed by atoms with van der Waals surface area (Å²) in [6, 6.07) is 5.86. The van der Waals surface area contributed by atoms with Crippen LogP contribution in [0.3, 0.4) is 0 Å². The Kier molecular flexibility index (Phi) is 5.15. The summed E-state index contributed by atoms with van der Waals surface area (Å²) in [6.45, 7) is 8.47. The van der Waals surface area contributed by atoms with Crippen molar-refractivity contribution >= 4 is 0 Å². The van der Waals surface area contributed by atoms with Crippen molar-refractivity contribution in [3.05, 3.63) is 29.3 Å². The van der Waals surface area contributed by atoms with Crippen molar-refractivity contribution in [1.82, 2.24) is 5.32 Å². The number of halogens is 1. The fraction of sp³-hybridized carbons (Fsp3) is 0.600. The van der Waals surface area contributed by atoms with Gasteiger partial charge < -0.3 is 10.1 Å². The van der Waals surface area contributed by atoms with Crippen LogP contribution in [0.1, 0.15) is 31.9 Å². The molecule has 0 bridgehead atoms. The summed E-state index contributed by atoms with van der Waals surface area (Å²) >= 11 is 0. The average molecular weight is 253 g/mol. The predicted molar refractivity (Wildman–Crippen MR) is 74.1 cm³/mol. The third kappa shape index (κ3) is 5.05. The summed E-state index contributed by atoms with van der Waals surface area (Å²) in [4.78, 5) is 0. The number of hydrogen-bond acceptors (Lipinski definition) is 2. The highest BCUT2D eigenvalue weighted by atomic mass is 19.1. The SMILES string of the molecule is COc1ccc(C)cc1CC(F)CNC(C)(C)C. The molecule has 2 nitrogen and oxygen atoms in total. The Hall–Kier alpha value is -1.09. The Morgan fingerprint density at radius 1 is 1.33 bits per heavy atom. The summed E-state index contributed by atoms with van der Waals surface area (Å²) in [5.41, 5.74) is 2.00. The van der Waals surface area contributed by atoms with Crippen LogP contribution in [0.4, 0.5) is 4.39 Å². The van der Waals surface area contributed by atoms with Gasteiger partial charge in [0, 0.05) is 18.5 Å². The highest BCUT2D eigenvalue weighted by Crippen LogP contribution is 2.21. The summed E-state index contributed by atoms with van der Waals surface area (Å²) < 4.78 is 19.2. The molecule has 0 aliphatic rings. The molecule has 0 aliphatic carbocycles. The molecule has 0 fully saturated rings. The largest absolute Gasteiger partial charge is 0.496 e. The van der Waals surface area contributed by atoms with E-state index in [0.29, 0.717) is 13.0 Å². The van der Waals surface area contributed by atoms with Crippen LogP contribution in [0.2, 0.25) is 0 Å². The van der Waals surface area contributed by atoms with Crippen molar-refractivity contribution < 1.29 is 9.13 Å². The van der Waals surface area contributed by atoms with Gasteiger partial charge in [0.2, 0.25) is 0 Å². The van der Waals surface area contributed by atoms with Crippen molar-refractivity contribution in [2.24, 2.45) is 0 Å². The Balaban J connectivity index is 2.63. The second-order valence-electron chi connectivity index (χ2n) is 5.75. The Morgan fingerprint density at radius 3 is 2.56 bits per heavy atom. The summed E-state index contributed by atoms with van der Waals surface area (Å²) in [5, 5.41) is 3.18.